The van der Waals surface area contributed by atoms with E-state index in [1.165, 1.54) is 24.4 Å². The Labute approximate surface area is 160 Å². The molecular weight excluding hydrogens is 371 g/mol. The highest BCUT2D eigenvalue weighted by Gasteiger charge is 2.23. The molecule has 1 N–H and O–H groups in total. The lowest BCUT2D eigenvalue weighted by molar-refractivity contribution is 0.0303. The molecule has 1 aromatic carbocycles. The van der Waals surface area contributed by atoms with E-state index in [1.54, 1.807) is 4.90 Å². The number of anilines is 2. The monoisotopic (exact) mass is 388 g/mol. The number of pyridine rings is 1. The second-order valence-electron chi connectivity index (χ2n) is 6.36. The van der Waals surface area contributed by atoms with Crippen molar-refractivity contribution < 1.29 is 13.9 Å². The van der Waals surface area contributed by atoms with Gasteiger partial charge in [-0.25, -0.2) is 9.37 Å². The van der Waals surface area contributed by atoms with Crippen LogP contribution in [0.25, 0.3) is 10.9 Å². The van der Waals surface area contributed by atoms with E-state index in [9.17, 15) is 9.18 Å². The first-order chi connectivity index (χ1) is 13.0. The molecule has 1 fully saturated rings. The number of benzene rings is 1. The number of nitrogens with one attached hydrogen (secondary N) is 1. The molecule has 0 saturated carbocycles. The van der Waals surface area contributed by atoms with Crippen LogP contribution in [0.3, 0.4) is 0 Å². The summed E-state index contributed by atoms with van der Waals surface area (Å²) in [6.45, 7) is 2.17. The smallest absolute Gasteiger partial charge is 0.257 e. The summed E-state index contributed by atoms with van der Waals surface area (Å²) in [5, 5.41) is 4.14. The Bertz CT molecular complexity index is 1010. The van der Waals surface area contributed by atoms with Crippen molar-refractivity contribution in [1.29, 1.82) is 0 Å². The summed E-state index contributed by atoms with van der Waals surface area (Å²) in [7, 11) is 1.86. The van der Waals surface area contributed by atoms with Crippen molar-refractivity contribution in [3.8, 4) is 0 Å². The van der Waals surface area contributed by atoms with E-state index in [0.717, 1.165) is 10.9 Å². The Morgan fingerprint density at radius 3 is 2.85 bits per heavy atom. The molecule has 3 aromatic rings. The zero-order chi connectivity index (χ0) is 19.0. The van der Waals surface area contributed by atoms with E-state index >= 15 is 0 Å². The van der Waals surface area contributed by atoms with Crippen molar-refractivity contribution >= 4 is 39.9 Å². The lowest BCUT2D eigenvalue weighted by atomic mass is 10.1. The normalized spacial score (nSPS) is 14.6. The van der Waals surface area contributed by atoms with Gasteiger partial charge in [0.2, 0.25) is 0 Å². The van der Waals surface area contributed by atoms with Crippen LogP contribution in [0.1, 0.15) is 10.4 Å². The number of aromatic nitrogens is 2. The first kappa shape index (κ1) is 17.8. The Hall–Kier alpha value is -2.64. The average Bonchev–Trinajstić information content (AvgIpc) is 3.07. The second-order valence-corrected chi connectivity index (χ2v) is 6.80. The van der Waals surface area contributed by atoms with Crippen LogP contribution in [-0.4, -0.2) is 46.7 Å². The van der Waals surface area contributed by atoms with Gasteiger partial charge in [-0.05, 0) is 24.3 Å². The summed E-state index contributed by atoms with van der Waals surface area (Å²) < 4.78 is 21.3. The van der Waals surface area contributed by atoms with Gasteiger partial charge >= 0.3 is 0 Å². The van der Waals surface area contributed by atoms with Gasteiger partial charge in [0.15, 0.2) is 0 Å². The Balaban J connectivity index is 1.74. The van der Waals surface area contributed by atoms with Crippen LogP contribution in [0, 0.1) is 5.82 Å². The van der Waals surface area contributed by atoms with Gasteiger partial charge in [-0.1, -0.05) is 11.6 Å². The molecule has 1 aliphatic rings. The van der Waals surface area contributed by atoms with Gasteiger partial charge in [0.1, 0.15) is 11.6 Å². The van der Waals surface area contributed by atoms with Gasteiger partial charge in [0, 0.05) is 42.9 Å². The number of ether oxygens (including phenoxy) is 1. The van der Waals surface area contributed by atoms with E-state index in [2.05, 4.69) is 10.3 Å². The first-order valence-corrected chi connectivity index (χ1v) is 8.95. The predicted octanol–water partition coefficient (Wildman–Crippen LogP) is 3.58. The second kappa shape index (κ2) is 7.17. The fraction of sp³-hybridized carbons (Fsp3) is 0.263. The SMILES string of the molecule is Cn1ccc2c(Nc3cc(Cl)ccc3F)ncc(C(=O)N3CCOCC3)c21. The number of hydrogen-bond donors (Lipinski definition) is 1. The minimum Gasteiger partial charge on any atom is -0.378 e. The van der Waals surface area contributed by atoms with Crippen LogP contribution < -0.4 is 5.32 Å². The number of hydrogen-bond acceptors (Lipinski definition) is 4. The molecule has 0 radical (unpaired) electrons. The summed E-state index contributed by atoms with van der Waals surface area (Å²) in [6.07, 6.45) is 3.38. The Morgan fingerprint density at radius 2 is 2.07 bits per heavy atom. The first-order valence-electron chi connectivity index (χ1n) is 8.58. The van der Waals surface area contributed by atoms with E-state index in [1.807, 2.05) is 23.9 Å². The molecule has 0 aliphatic carbocycles. The largest absolute Gasteiger partial charge is 0.378 e. The van der Waals surface area contributed by atoms with Gasteiger partial charge in [-0.3, -0.25) is 4.79 Å². The summed E-state index contributed by atoms with van der Waals surface area (Å²) >= 11 is 5.97. The van der Waals surface area contributed by atoms with Crippen LogP contribution in [0.2, 0.25) is 5.02 Å². The lowest BCUT2D eigenvalue weighted by Gasteiger charge is -2.27. The number of amides is 1. The van der Waals surface area contributed by atoms with Gasteiger partial charge in [-0.15, -0.1) is 0 Å². The molecule has 1 saturated heterocycles. The molecule has 8 heteroatoms. The highest BCUT2D eigenvalue weighted by atomic mass is 35.5. The number of nitrogens with zero attached hydrogens (tertiary/aromatic N) is 3. The summed E-state index contributed by atoms with van der Waals surface area (Å²) in [4.78, 5) is 19.1. The van der Waals surface area contributed by atoms with Gasteiger partial charge in [0.05, 0.1) is 30.0 Å². The van der Waals surface area contributed by atoms with Gasteiger partial charge in [-0.2, -0.15) is 0 Å². The number of fused-ring (bicyclic) bond motifs is 1. The Kier molecular flexibility index (Phi) is 4.72. The van der Waals surface area contributed by atoms with Crippen molar-refractivity contribution in [2.45, 2.75) is 0 Å². The topological polar surface area (TPSA) is 59.4 Å². The molecule has 27 heavy (non-hydrogen) atoms. The van der Waals surface area contributed by atoms with Crippen molar-refractivity contribution in [2.75, 3.05) is 31.6 Å². The Morgan fingerprint density at radius 1 is 1.30 bits per heavy atom. The zero-order valence-electron chi connectivity index (χ0n) is 14.7. The minimum absolute atomic E-state index is 0.0851. The quantitative estimate of drug-likeness (QED) is 0.745. The van der Waals surface area contributed by atoms with E-state index in [0.29, 0.717) is 42.7 Å². The van der Waals surface area contributed by atoms with Crippen molar-refractivity contribution in [1.82, 2.24) is 14.5 Å². The maximum absolute atomic E-state index is 14.1. The number of carbonyl (C=O) groups excluding carboxylic acids is 1. The number of aryl methyl sites for hydroxylation is 1. The maximum atomic E-state index is 14.1. The highest BCUT2D eigenvalue weighted by Crippen LogP contribution is 2.30. The molecule has 2 aromatic heterocycles. The molecule has 0 atom stereocenters. The molecule has 0 unspecified atom stereocenters. The van der Waals surface area contributed by atoms with Crippen LogP contribution in [0.4, 0.5) is 15.9 Å². The van der Waals surface area contributed by atoms with Crippen LogP contribution >= 0.6 is 11.6 Å². The summed E-state index contributed by atoms with van der Waals surface area (Å²) in [6, 6.07) is 6.13. The average molecular weight is 389 g/mol. The van der Waals surface area contributed by atoms with Crippen LogP contribution in [0.15, 0.2) is 36.7 Å². The third kappa shape index (κ3) is 3.36. The number of halogens is 2. The fourth-order valence-corrected chi connectivity index (χ4v) is 3.40. The molecule has 140 valence electrons. The predicted molar refractivity (Wildman–Crippen MR) is 102 cm³/mol. The number of morpholine rings is 1. The zero-order valence-corrected chi connectivity index (χ0v) is 15.5. The maximum Gasteiger partial charge on any atom is 0.257 e. The highest BCUT2D eigenvalue weighted by molar-refractivity contribution is 6.30. The van der Waals surface area contributed by atoms with Crippen LogP contribution in [-0.2, 0) is 11.8 Å². The fourth-order valence-electron chi connectivity index (χ4n) is 3.23. The van der Waals surface area contributed by atoms with E-state index in [4.69, 9.17) is 16.3 Å². The number of carbonyl (C=O) groups is 1. The molecule has 1 amide bonds. The number of rotatable bonds is 3. The van der Waals surface area contributed by atoms with E-state index in [-0.39, 0.29) is 11.6 Å². The van der Waals surface area contributed by atoms with Crippen molar-refractivity contribution in [3.63, 3.8) is 0 Å². The molecule has 1 aliphatic heterocycles. The molecule has 3 heterocycles. The minimum atomic E-state index is -0.432. The van der Waals surface area contributed by atoms with Crippen molar-refractivity contribution in [2.24, 2.45) is 7.05 Å². The van der Waals surface area contributed by atoms with E-state index < -0.39 is 5.82 Å². The summed E-state index contributed by atoms with van der Waals surface area (Å²) in [5.74, 6) is -0.0536. The molecule has 0 bridgehead atoms. The van der Waals surface area contributed by atoms with Crippen molar-refractivity contribution in [3.05, 3.63) is 53.1 Å². The molecule has 6 nitrogen and oxygen atoms in total. The van der Waals surface area contributed by atoms with Gasteiger partial charge < -0.3 is 19.5 Å². The molecule has 4 rings (SSSR count). The molecule has 0 spiro atoms. The third-order valence-electron chi connectivity index (χ3n) is 4.62. The van der Waals surface area contributed by atoms with Crippen LogP contribution in [0.5, 0.6) is 0 Å². The third-order valence-corrected chi connectivity index (χ3v) is 4.85. The lowest BCUT2D eigenvalue weighted by Crippen LogP contribution is -2.40. The van der Waals surface area contributed by atoms with Gasteiger partial charge in [0.25, 0.3) is 5.91 Å². The molecular formula is C19H18ClFN4O2. The summed E-state index contributed by atoms with van der Waals surface area (Å²) in [5.41, 5.74) is 1.48. The standard InChI is InChI=1S/C19H18ClFN4O2/c1-24-5-4-13-17(24)14(19(26)25-6-8-27-9-7-25)11-22-18(13)23-16-10-12(20)2-3-15(16)21/h2-5,10-11H,6-9H2,1H3,(H,22,23).